The first-order valence-electron chi connectivity index (χ1n) is 5.75. The number of nitrogens with two attached hydrogens (primary N) is 1. The Morgan fingerprint density at radius 1 is 1.56 bits per heavy atom. The summed E-state index contributed by atoms with van der Waals surface area (Å²) in [5.74, 6) is -0.153. The Morgan fingerprint density at radius 3 is 2.69 bits per heavy atom. The molecule has 16 heavy (non-hydrogen) atoms. The average Bonchev–Trinajstić information content (AvgIpc) is 2.27. The zero-order valence-corrected chi connectivity index (χ0v) is 10.8. The average molecular weight is 231 g/mol. The van der Waals surface area contributed by atoms with Crippen LogP contribution in [0.1, 0.15) is 20.3 Å². The number of rotatable bonds is 8. The Morgan fingerprint density at radius 2 is 2.19 bits per heavy atom. The zero-order valence-electron chi connectivity index (χ0n) is 10.8. The van der Waals surface area contributed by atoms with Gasteiger partial charge in [0.2, 0.25) is 5.91 Å². The number of methoxy groups -OCH3 is 1. The summed E-state index contributed by atoms with van der Waals surface area (Å²) < 4.78 is 4.81. The van der Waals surface area contributed by atoms with Crippen molar-refractivity contribution in [2.24, 2.45) is 5.73 Å². The van der Waals surface area contributed by atoms with E-state index in [0.29, 0.717) is 12.6 Å². The highest BCUT2D eigenvalue weighted by Gasteiger charge is 2.12. The predicted molar refractivity (Wildman–Crippen MR) is 65.2 cm³/mol. The molecule has 2 unspecified atom stereocenters. The van der Waals surface area contributed by atoms with Gasteiger partial charge in [-0.15, -0.1) is 0 Å². The zero-order chi connectivity index (χ0) is 12.6. The lowest BCUT2D eigenvalue weighted by Crippen LogP contribution is -2.46. The molecule has 0 aliphatic carbocycles. The Labute approximate surface area is 98.3 Å². The molecule has 0 rings (SSSR count). The number of amides is 1. The van der Waals surface area contributed by atoms with E-state index < -0.39 is 6.04 Å². The fourth-order valence-electron chi connectivity index (χ4n) is 1.27. The number of hydrogen-bond acceptors (Lipinski definition) is 4. The van der Waals surface area contributed by atoms with E-state index in [0.717, 1.165) is 13.0 Å². The van der Waals surface area contributed by atoms with Crippen molar-refractivity contribution in [2.45, 2.75) is 32.4 Å². The number of nitrogens with zero attached hydrogens (tertiary/aromatic N) is 1. The third-order valence-electron chi connectivity index (χ3n) is 2.79. The molecular formula is C11H25N3O2. The van der Waals surface area contributed by atoms with Crippen LogP contribution in [0, 0.1) is 0 Å². The highest BCUT2D eigenvalue weighted by atomic mass is 16.5. The maximum Gasteiger partial charge on any atom is 0.239 e. The Bertz CT molecular complexity index is 200. The van der Waals surface area contributed by atoms with Crippen LogP contribution in [-0.4, -0.2) is 56.7 Å². The molecule has 0 aliphatic rings. The minimum absolute atomic E-state index is 0.153. The number of carbonyl (C=O) groups is 1. The van der Waals surface area contributed by atoms with Crippen LogP contribution in [0.25, 0.3) is 0 Å². The molecule has 5 nitrogen and oxygen atoms in total. The van der Waals surface area contributed by atoms with Crippen molar-refractivity contribution >= 4 is 5.91 Å². The van der Waals surface area contributed by atoms with Crippen LogP contribution in [0.4, 0.5) is 0 Å². The summed E-state index contributed by atoms with van der Waals surface area (Å²) in [6.07, 6.45) is 1.10. The van der Waals surface area contributed by atoms with Crippen LogP contribution >= 0.6 is 0 Å². The van der Waals surface area contributed by atoms with Crippen molar-refractivity contribution in [1.29, 1.82) is 0 Å². The SMILES string of the molecule is CCC(C)N(C)CCNC(=O)C(N)COC. The second kappa shape index (κ2) is 8.50. The van der Waals surface area contributed by atoms with Gasteiger partial charge in [-0.2, -0.15) is 0 Å². The highest BCUT2D eigenvalue weighted by Crippen LogP contribution is 1.98. The highest BCUT2D eigenvalue weighted by molar-refractivity contribution is 5.81. The molecule has 0 heterocycles. The molecule has 0 radical (unpaired) electrons. The maximum atomic E-state index is 11.4. The standard InChI is InChI=1S/C11H25N3O2/c1-5-9(2)14(3)7-6-13-11(15)10(12)8-16-4/h9-10H,5-8,12H2,1-4H3,(H,13,15). The van der Waals surface area contributed by atoms with E-state index in [1.807, 2.05) is 0 Å². The van der Waals surface area contributed by atoms with Gasteiger partial charge in [0.15, 0.2) is 0 Å². The molecule has 0 aliphatic heterocycles. The van der Waals surface area contributed by atoms with Crippen molar-refractivity contribution < 1.29 is 9.53 Å². The third kappa shape index (κ3) is 6.05. The van der Waals surface area contributed by atoms with Crippen LogP contribution in [0.15, 0.2) is 0 Å². The van der Waals surface area contributed by atoms with Gasteiger partial charge in [-0.3, -0.25) is 4.79 Å². The second-order valence-corrected chi connectivity index (χ2v) is 4.09. The van der Waals surface area contributed by atoms with Gasteiger partial charge in [0.05, 0.1) is 6.61 Å². The lowest BCUT2D eigenvalue weighted by Gasteiger charge is -2.23. The van der Waals surface area contributed by atoms with E-state index >= 15 is 0 Å². The van der Waals surface area contributed by atoms with Gasteiger partial charge in [-0.05, 0) is 20.4 Å². The molecule has 0 bridgehead atoms. The minimum atomic E-state index is -0.570. The summed E-state index contributed by atoms with van der Waals surface area (Å²) in [7, 11) is 3.58. The van der Waals surface area contributed by atoms with Crippen molar-refractivity contribution in [1.82, 2.24) is 10.2 Å². The van der Waals surface area contributed by atoms with E-state index in [4.69, 9.17) is 10.5 Å². The number of carbonyl (C=O) groups excluding carboxylic acids is 1. The third-order valence-corrected chi connectivity index (χ3v) is 2.79. The van der Waals surface area contributed by atoms with Gasteiger partial charge in [0.1, 0.15) is 6.04 Å². The van der Waals surface area contributed by atoms with E-state index in [1.165, 1.54) is 7.11 Å². The quantitative estimate of drug-likeness (QED) is 0.607. The normalized spacial score (nSPS) is 14.9. The second-order valence-electron chi connectivity index (χ2n) is 4.09. The Balaban J connectivity index is 3.69. The smallest absolute Gasteiger partial charge is 0.239 e. The topological polar surface area (TPSA) is 67.6 Å². The van der Waals surface area contributed by atoms with Gasteiger partial charge in [0.25, 0.3) is 0 Å². The van der Waals surface area contributed by atoms with Crippen molar-refractivity contribution in [3.63, 3.8) is 0 Å². The van der Waals surface area contributed by atoms with Crippen molar-refractivity contribution in [2.75, 3.05) is 33.9 Å². The fraction of sp³-hybridized carbons (Fsp3) is 0.909. The molecular weight excluding hydrogens is 206 g/mol. The van der Waals surface area contributed by atoms with Crippen LogP contribution < -0.4 is 11.1 Å². The summed E-state index contributed by atoms with van der Waals surface area (Å²) in [6, 6.07) is -0.0385. The first kappa shape index (κ1) is 15.3. The molecule has 3 N–H and O–H groups in total. The van der Waals surface area contributed by atoms with E-state index in [2.05, 4.69) is 31.1 Å². The van der Waals surface area contributed by atoms with Crippen molar-refractivity contribution in [3.8, 4) is 0 Å². The monoisotopic (exact) mass is 231 g/mol. The molecule has 0 aromatic rings. The van der Waals surface area contributed by atoms with Crippen LogP contribution in [0.3, 0.4) is 0 Å². The lowest BCUT2D eigenvalue weighted by atomic mass is 10.2. The van der Waals surface area contributed by atoms with E-state index in [-0.39, 0.29) is 12.5 Å². The van der Waals surface area contributed by atoms with Crippen molar-refractivity contribution in [3.05, 3.63) is 0 Å². The summed E-state index contributed by atoms with van der Waals surface area (Å²) in [4.78, 5) is 13.6. The maximum absolute atomic E-state index is 11.4. The Hall–Kier alpha value is -0.650. The molecule has 0 saturated heterocycles. The minimum Gasteiger partial charge on any atom is -0.383 e. The lowest BCUT2D eigenvalue weighted by molar-refractivity contribution is -0.123. The molecule has 0 aromatic heterocycles. The molecule has 96 valence electrons. The predicted octanol–water partition coefficient (Wildman–Crippen LogP) is -0.193. The summed E-state index contributed by atoms with van der Waals surface area (Å²) >= 11 is 0. The molecule has 0 saturated carbocycles. The first-order valence-corrected chi connectivity index (χ1v) is 5.75. The number of hydrogen-bond donors (Lipinski definition) is 2. The number of nitrogens with one attached hydrogen (secondary N) is 1. The first-order chi connectivity index (χ1) is 7.52. The molecule has 0 spiro atoms. The van der Waals surface area contributed by atoms with Gasteiger partial charge >= 0.3 is 0 Å². The Kier molecular flexibility index (Phi) is 8.15. The summed E-state index contributed by atoms with van der Waals surface area (Å²) in [6.45, 7) is 6.03. The molecule has 5 heteroatoms. The molecule has 2 atom stereocenters. The number of ether oxygens (including phenoxy) is 1. The van der Waals surface area contributed by atoms with Gasteiger partial charge in [-0.1, -0.05) is 6.92 Å². The molecule has 0 fully saturated rings. The van der Waals surface area contributed by atoms with Crippen LogP contribution in [0.5, 0.6) is 0 Å². The van der Waals surface area contributed by atoms with Crippen LogP contribution in [-0.2, 0) is 9.53 Å². The van der Waals surface area contributed by atoms with Gasteiger partial charge < -0.3 is 20.7 Å². The summed E-state index contributed by atoms with van der Waals surface area (Å²) in [5.41, 5.74) is 5.58. The number of likely N-dealkylation sites (N-methyl/N-ethyl adjacent to an activating group) is 1. The van der Waals surface area contributed by atoms with Crippen LogP contribution in [0.2, 0.25) is 0 Å². The fourth-order valence-corrected chi connectivity index (χ4v) is 1.27. The van der Waals surface area contributed by atoms with E-state index in [1.54, 1.807) is 0 Å². The largest absolute Gasteiger partial charge is 0.383 e. The molecule has 0 aromatic carbocycles. The van der Waals surface area contributed by atoms with E-state index in [9.17, 15) is 4.79 Å². The summed E-state index contributed by atoms with van der Waals surface area (Å²) in [5, 5.41) is 2.79. The van der Waals surface area contributed by atoms with Gasteiger partial charge in [0, 0.05) is 26.2 Å². The van der Waals surface area contributed by atoms with Gasteiger partial charge in [-0.25, -0.2) is 0 Å². The molecule has 1 amide bonds.